The third-order valence-corrected chi connectivity index (χ3v) is 6.25. The number of carbonyl (C=O) groups excluding carboxylic acids is 1. The van der Waals surface area contributed by atoms with Gasteiger partial charge in [0.25, 0.3) is 17.0 Å². The Bertz CT molecular complexity index is 1010. The van der Waals surface area contributed by atoms with Gasteiger partial charge in [-0.05, 0) is 30.0 Å². The number of nitrogens with zero attached hydrogens (tertiary/aromatic N) is 4. The van der Waals surface area contributed by atoms with E-state index >= 15 is 0 Å². The van der Waals surface area contributed by atoms with E-state index in [0.29, 0.717) is 22.1 Å². The van der Waals surface area contributed by atoms with Crippen LogP contribution in [-0.4, -0.2) is 21.7 Å². The molecule has 4 rings (SSSR count). The lowest BCUT2D eigenvalue weighted by Crippen LogP contribution is -2.58. The summed E-state index contributed by atoms with van der Waals surface area (Å²) in [5, 5.41) is 22.1. The van der Waals surface area contributed by atoms with E-state index in [2.05, 4.69) is 11.9 Å². The van der Waals surface area contributed by atoms with Gasteiger partial charge in [0.2, 0.25) is 5.91 Å². The number of thioether (sulfide) groups is 1. The minimum atomic E-state index is -0.505. The monoisotopic (exact) mass is 412 g/mol. The Labute approximate surface area is 171 Å². The summed E-state index contributed by atoms with van der Waals surface area (Å²) in [5.41, 5.74) is 2.73. The zero-order chi connectivity index (χ0) is 19.7. The van der Waals surface area contributed by atoms with Crippen LogP contribution >= 0.6 is 23.1 Å². The average Bonchev–Trinajstić information content (AvgIpc) is 3.21. The molecule has 1 atom stereocenters. The molecule has 8 heteroatoms. The van der Waals surface area contributed by atoms with Crippen LogP contribution in [0.1, 0.15) is 38.4 Å². The molecule has 0 saturated carbocycles. The van der Waals surface area contributed by atoms with Crippen LogP contribution < -0.4 is 14.7 Å². The Morgan fingerprint density at radius 1 is 1.36 bits per heavy atom. The maximum Gasteiger partial charge on any atom is 0.293 e. The Kier molecular flexibility index (Phi) is 5.32. The molecule has 2 aromatic heterocycles. The minimum Gasteiger partial charge on any atom is -0.854 e. The fourth-order valence-electron chi connectivity index (χ4n) is 3.37. The van der Waals surface area contributed by atoms with Crippen molar-refractivity contribution < 1.29 is 14.6 Å². The molecule has 0 aliphatic carbocycles. The number of hydrogen-bond acceptors (Lipinski definition) is 6. The minimum absolute atomic E-state index is 0.104. The van der Waals surface area contributed by atoms with Gasteiger partial charge in [0.05, 0.1) is 22.7 Å². The topological polar surface area (TPSA) is 73.0 Å². The van der Waals surface area contributed by atoms with Crippen molar-refractivity contribution in [3.8, 4) is 17.1 Å². The van der Waals surface area contributed by atoms with Gasteiger partial charge in [-0.1, -0.05) is 41.9 Å². The summed E-state index contributed by atoms with van der Waals surface area (Å²) in [5.74, 6) is 0.434. The molecule has 1 aliphatic rings. The van der Waals surface area contributed by atoms with Gasteiger partial charge < -0.3 is 5.11 Å². The normalized spacial score (nSPS) is 15.2. The first kappa shape index (κ1) is 18.9. The highest BCUT2D eigenvalue weighted by atomic mass is 32.2. The number of hydrogen-bond donors (Lipinski definition) is 0. The summed E-state index contributed by atoms with van der Waals surface area (Å²) in [6.07, 6.45) is 1.59. The van der Waals surface area contributed by atoms with Crippen molar-refractivity contribution in [3.63, 3.8) is 0 Å². The summed E-state index contributed by atoms with van der Waals surface area (Å²) in [4.78, 5) is 18.6. The van der Waals surface area contributed by atoms with Crippen LogP contribution in [0.25, 0.3) is 11.3 Å². The number of carbonyl (C=O) groups is 1. The van der Waals surface area contributed by atoms with Crippen molar-refractivity contribution >= 4 is 34.7 Å². The van der Waals surface area contributed by atoms with E-state index in [-0.39, 0.29) is 11.8 Å². The number of thiophene rings is 1. The number of anilines is 1. The largest absolute Gasteiger partial charge is 0.854 e. The molecule has 0 N–H and O–H groups in total. The highest BCUT2D eigenvalue weighted by Crippen LogP contribution is 2.41. The molecule has 28 heavy (non-hydrogen) atoms. The van der Waals surface area contributed by atoms with Crippen LogP contribution in [0.3, 0.4) is 0 Å². The van der Waals surface area contributed by atoms with Crippen LogP contribution in [0, 0.1) is 0 Å². The Hall–Kier alpha value is -2.45. The molecule has 6 nitrogen and oxygen atoms in total. The Morgan fingerprint density at radius 2 is 2.18 bits per heavy atom. The number of para-hydroxylation sites is 1. The average molecular weight is 413 g/mol. The van der Waals surface area contributed by atoms with Gasteiger partial charge in [0, 0.05) is 23.2 Å². The van der Waals surface area contributed by atoms with Gasteiger partial charge in [-0.3, -0.25) is 4.79 Å². The van der Waals surface area contributed by atoms with Crippen LogP contribution in [0.4, 0.5) is 5.69 Å². The van der Waals surface area contributed by atoms with E-state index < -0.39 is 6.17 Å². The van der Waals surface area contributed by atoms with Crippen molar-refractivity contribution in [1.29, 1.82) is 0 Å². The molecule has 0 radical (unpaired) electrons. The van der Waals surface area contributed by atoms with Gasteiger partial charge in [0.15, 0.2) is 0 Å². The van der Waals surface area contributed by atoms with Gasteiger partial charge in [-0.25, -0.2) is 9.88 Å². The molecular formula is C20H20N4O2S2. The third-order valence-electron chi connectivity index (χ3n) is 4.63. The zero-order valence-electron chi connectivity index (χ0n) is 15.7. The molecule has 0 spiro atoms. The van der Waals surface area contributed by atoms with E-state index in [0.717, 1.165) is 24.2 Å². The molecule has 1 aliphatic heterocycles. The van der Waals surface area contributed by atoms with E-state index in [9.17, 15) is 9.90 Å². The van der Waals surface area contributed by atoms with Gasteiger partial charge in [-0.2, -0.15) is 11.3 Å². The zero-order valence-corrected chi connectivity index (χ0v) is 17.3. The fraction of sp³-hybridized carbons (Fsp3) is 0.300. The lowest BCUT2D eigenvalue weighted by atomic mass is 10.0. The third kappa shape index (κ3) is 3.27. The van der Waals surface area contributed by atoms with Gasteiger partial charge in [-0.15, -0.1) is 0 Å². The van der Waals surface area contributed by atoms with Crippen LogP contribution in [0.5, 0.6) is 5.88 Å². The van der Waals surface area contributed by atoms with Crippen LogP contribution in [0.2, 0.25) is 0 Å². The number of amides is 1. The van der Waals surface area contributed by atoms with Gasteiger partial charge in [0.1, 0.15) is 0 Å². The molecular weight excluding hydrogens is 392 g/mol. The molecule has 1 aromatic carbocycles. The van der Waals surface area contributed by atoms with Crippen molar-refractivity contribution in [2.75, 3.05) is 10.7 Å². The second kappa shape index (κ2) is 7.89. The summed E-state index contributed by atoms with van der Waals surface area (Å²) >= 11 is 3.03. The second-order valence-corrected chi connectivity index (χ2v) is 8.37. The summed E-state index contributed by atoms with van der Waals surface area (Å²) in [6, 6.07) is 9.40. The predicted molar refractivity (Wildman–Crippen MR) is 108 cm³/mol. The first-order valence-corrected chi connectivity index (χ1v) is 11.1. The maximum absolute atomic E-state index is 13.0. The van der Waals surface area contributed by atoms with E-state index in [1.54, 1.807) is 20.9 Å². The van der Waals surface area contributed by atoms with Crippen LogP contribution in [0.15, 0.2) is 46.2 Å². The van der Waals surface area contributed by atoms with E-state index in [1.165, 1.54) is 18.7 Å². The molecule has 144 valence electrons. The van der Waals surface area contributed by atoms with E-state index in [4.69, 9.17) is 5.10 Å². The highest BCUT2D eigenvalue weighted by molar-refractivity contribution is 7.99. The SMILES string of the molecule is CCCCSc1nc([O-])c2[n+](n1)C(c1ccsc1)N(C(C)=O)c1ccccc1-2. The first-order chi connectivity index (χ1) is 13.6. The Morgan fingerprint density at radius 3 is 2.89 bits per heavy atom. The number of rotatable bonds is 5. The quantitative estimate of drug-likeness (QED) is 0.365. The van der Waals surface area contributed by atoms with Crippen molar-refractivity contribution in [2.45, 2.75) is 38.0 Å². The molecule has 0 saturated heterocycles. The number of fused-ring (bicyclic) bond motifs is 3. The number of aromatic nitrogens is 3. The summed E-state index contributed by atoms with van der Waals surface area (Å²) < 4.78 is 1.68. The number of unbranched alkanes of at least 4 members (excludes halogenated alkanes) is 1. The van der Waals surface area contributed by atoms with Crippen molar-refractivity contribution in [2.24, 2.45) is 0 Å². The summed E-state index contributed by atoms with van der Waals surface area (Å²) in [6.45, 7) is 3.66. The summed E-state index contributed by atoms with van der Waals surface area (Å²) in [7, 11) is 0. The number of benzene rings is 1. The molecule has 3 aromatic rings. The molecule has 1 unspecified atom stereocenters. The lowest BCUT2D eigenvalue weighted by molar-refractivity contribution is -0.764. The molecule has 0 bridgehead atoms. The predicted octanol–water partition coefficient (Wildman–Crippen LogP) is 3.37. The first-order valence-electron chi connectivity index (χ1n) is 9.16. The smallest absolute Gasteiger partial charge is 0.293 e. The fourth-order valence-corrected chi connectivity index (χ4v) is 4.95. The van der Waals surface area contributed by atoms with Gasteiger partial charge >= 0.3 is 0 Å². The second-order valence-electron chi connectivity index (χ2n) is 6.53. The van der Waals surface area contributed by atoms with Crippen LogP contribution in [-0.2, 0) is 4.79 Å². The molecule has 1 amide bonds. The highest BCUT2D eigenvalue weighted by Gasteiger charge is 2.43. The van der Waals surface area contributed by atoms with E-state index in [1.807, 2.05) is 41.1 Å². The van der Waals surface area contributed by atoms with Crippen molar-refractivity contribution in [1.82, 2.24) is 10.1 Å². The van der Waals surface area contributed by atoms with Crippen molar-refractivity contribution in [3.05, 3.63) is 46.7 Å². The lowest BCUT2D eigenvalue weighted by Gasteiger charge is -2.32. The molecule has 0 fully saturated rings. The molecule has 3 heterocycles. The standard InChI is InChI=1S/C20H20N4O2S2/c1-3-4-10-28-20-21-18(26)17-15-7-5-6-8-16(15)23(13(2)25)19(24(17)22-20)14-9-11-27-12-14/h5-9,11-12,19H,3-4,10H2,1-2H3. The maximum atomic E-state index is 13.0. The Balaban J connectivity index is 1.94.